The minimum atomic E-state index is -0.161. The highest BCUT2D eigenvalue weighted by molar-refractivity contribution is 5.34. The van der Waals surface area contributed by atoms with Gasteiger partial charge in [-0.05, 0) is 37.1 Å². The van der Waals surface area contributed by atoms with E-state index in [9.17, 15) is 0 Å². The van der Waals surface area contributed by atoms with Crippen LogP contribution in [0.15, 0.2) is 24.3 Å². The molecule has 90 valence electrons. The lowest BCUT2D eigenvalue weighted by Gasteiger charge is -2.33. The highest BCUT2D eigenvalue weighted by atomic mass is 16.5. The molecule has 0 heterocycles. The zero-order valence-corrected chi connectivity index (χ0v) is 9.98. The molecule has 0 spiro atoms. The van der Waals surface area contributed by atoms with Crippen molar-refractivity contribution in [3.8, 4) is 11.8 Å². The highest BCUT2D eigenvalue weighted by Crippen LogP contribution is 2.26. The molecule has 3 heteroatoms. The summed E-state index contributed by atoms with van der Waals surface area (Å²) in [5.41, 5.74) is 6.78. The van der Waals surface area contributed by atoms with Crippen LogP contribution in [0.2, 0.25) is 0 Å². The summed E-state index contributed by atoms with van der Waals surface area (Å²) in [7, 11) is 0. The molecular formula is C14H18N2O. The number of nitrogens with two attached hydrogens (primary N) is 1. The average molecular weight is 230 g/mol. The van der Waals surface area contributed by atoms with Gasteiger partial charge in [0.25, 0.3) is 0 Å². The fraction of sp³-hybridized carbons (Fsp3) is 0.500. The summed E-state index contributed by atoms with van der Waals surface area (Å²) >= 11 is 0. The number of rotatable bonds is 3. The second kappa shape index (κ2) is 5.20. The van der Waals surface area contributed by atoms with Gasteiger partial charge in [-0.2, -0.15) is 5.26 Å². The Morgan fingerprint density at radius 3 is 2.41 bits per heavy atom. The Balaban J connectivity index is 1.90. The molecule has 17 heavy (non-hydrogen) atoms. The summed E-state index contributed by atoms with van der Waals surface area (Å²) in [4.78, 5) is 0. The molecule has 1 saturated carbocycles. The van der Waals surface area contributed by atoms with Crippen LogP contribution in [0.25, 0.3) is 0 Å². The number of benzene rings is 1. The summed E-state index contributed by atoms with van der Waals surface area (Å²) in [5, 5.41) is 8.69. The molecular weight excluding hydrogens is 212 g/mol. The van der Waals surface area contributed by atoms with Crippen LogP contribution in [0.1, 0.15) is 37.7 Å². The maximum absolute atomic E-state index is 8.69. The molecule has 0 atom stereocenters. The topological polar surface area (TPSA) is 59.0 Å². The van der Waals surface area contributed by atoms with Crippen molar-refractivity contribution in [2.75, 3.05) is 6.61 Å². The van der Waals surface area contributed by atoms with Gasteiger partial charge in [-0.25, -0.2) is 0 Å². The lowest BCUT2D eigenvalue weighted by molar-refractivity contribution is 0.174. The molecule has 1 aliphatic carbocycles. The van der Waals surface area contributed by atoms with Crippen LogP contribution in [0.4, 0.5) is 0 Å². The number of hydrogen-bond donors (Lipinski definition) is 1. The molecule has 0 saturated heterocycles. The van der Waals surface area contributed by atoms with Crippen molar-refractivity contribution in [2.24, 2.45) is 5.73 Å². The van der Waals surface area contributed by atoms with Gasteiger partial charge in [-0.3, -0.25) is 0 Å². The molecule has 3 nitrogen and oxygen atoms in total. The van der Waals surface area contributed by atoms with Crippen LogP contribution < -0.4 is 10.5 Å². The lowest BCUT2D eigenvalue weighted by atomic mass is 9.83. The van der Waals surface area contributed by atoms with Gasteiger partial charge in [0.15, 0.2) is 0 Å². The van der Waals surface area contributed by atoms with Crippen LogP contribution in [-0.2, 0) is 0 Å². The standard InChI is InChI=1S/C14H18N2O/c15-10-12-4-6-13(7-5-12)17-11-14(16)8-2-1-3-9-14/h4-7H,1-3,8-9,11,16H2. The first-order valence-corrected chi connectivity index (χ1v) is 6.14. The van der Waals surface area contributed by atoms with Crippen molar-refractivity contribution in [1.82, 2.24) is 0 Å². The molecule has 2 N–H and O–H groups in total. The van der Waals surface area contributed by atoms with E-state index >= 15 is 0 Å². The first-order valence-electron chi connectivity index (χ1n) is 6.14. The van der Waals surface area contributed by atoms with Crippen molar-refractivity contribution < 1.29 is 4.74 Å². The van der Waals surface area contributed by atoms with Crippen LogP contribution >= 0.6 is 0 Å². The largest absolute Gasteiger partial charge is 0.492 e. The SMILES string of the molecule is N#Cc1ccc(OCC2(N)CCCCC2)cc1. The van der Waals surface area contributed by atoms with E-state index in [4.69, 9.17) is 15.7 Å². The van der Waals surface area contributed by atoms with Crippen LogP contribution in [0, 0.1) is 11.3 Å². The Hall–Kier alpha value is -1.53. The van der Waals surface area contributed by atoms with Gasteiger partial charge >= 0.3 is 0 Å². The molecule has 1 aliphatic rings. The van der Waals surface area contributed by atoms with Crippen LogP contribution in [0.5, 0.6) is 5.75 Å². The van der Waals surface area contributed by atoms with Gasteiger partial charge < -0.3 is 10.5 Å². The Morgan fingerprint density at radius 1 is 1.18 bits per heavy atom. The van der Waals surface area contributed by atoms with E-state index in [2.05, 4.69) is 6.07 Å². The van der Waals surface area contributed by atoms with E-state index in [1.807, 2.05) is 12.1 Å². The fourth-order valence-electron chi connectivity index (χ4n) is 2.25. The summed E-state index contributed by atoms with van der Waals surface area (Å²) in [6, 6.07) is 9.26. The Bertz CT molecular complexity index is 399. The third-order valence-electron chi connectivity index (χ3n) is 3.36. The van der Waals surface area contributed by atoms with Crippen LogP contribution in [0.3, 0.4) is 0 Å². The molecule has 1 aromatic rings. The third-order valence-corrected chi connectivity index (χ3v) is 3.36. The number of nitrogens with zero attached hydrogens (tertiary/aromatic N) is 1. The summed E-state index contributed by atoms with van der Waals surface area (Å²) in [6.07, 6.45) is 5.78. The Kier molecular flexibility index (Phi) is 3.65. The Labute approximate surface area is 102 Å². The summed E-state index contributed by atoms with van der Waals surface area (Å²) in [6.45, 7) is 0.568. The average Bonchev–Trinajstić information content (AvgIpc) is 2.38. The van der Waals surface area contributed by atoms with Gasteiger partial charge in [0.1, 0.15) is 12.4 Å². The molecule has 1 aromatic carbocycles. The zero-order valence-electron chi connectivity index (χ0n) is 9.98. The van der Waals surface area contributed by atoms with Gasteiger partial charge in [0.05, 0.1) is 17.2 Å². The maximum Gasteiger partial charge on any atom is 0.119 e. The van der Waals surface area contributed by atoms with E-state index < -0.39 is 0 Å². The van der Waals surface area contributed by atoms with E-state index in [0.29, 0.717) is 12.2 Å². The minimum Gasteiger partial charge on any atom is -0.492 e. The predicted molar refractivity (Wildman–Crippen MR) is 66.7 cm³/mol. The number of hydrogen-bond acceptors (Lipinski definition) is 3. The first kappa shape index (κ1) is 11.9. The molecule has 0 radical (unpaired) electrons. The second-order valence-corrected chi connectivity index (χ2v) is 4.85. The van der Waals surface area contributed by atoms with Gasteiger partial charge in [-0.15, -0.1) is 0 Å². The van der Waals surface area contributed by atoms with Crippen molar-refractivity contribution >= 4 is 0 Å². The molecule has 0 amide bonds. The molecule has 0 bridgehead atoms. The van der Waals surface area contributed by atoms with Crippen molar-refractivity contribution in [3.63, 3.8) is 0 Å². The summed E-state index contributed by atoms with van der Waals surface area (Å²) < 4.78 is 5.71. The smallest absolute Gasteiger partial charge is 0.119 e. The first-order chi connectivity index (χ1) is 8.22. The monoisotopic (exact) mass is 230 g/mol. The molecule has 0 aliphatic heterocycles. The van der Waals surface area contributed by atoms with E-state index in [1.165, 1.54) is 19.3 Å². The predicted octanol–water partition coefficient (Wildman–Crippen LogP) is 2.60. The second-order valence-electron chi connectivity index (χ2n) is 4.85. The molecule has 0 unspecified atom stereocenters. The minimum absolute atomic E-state index is 0.161. The highest BCUT2D eigenvalue weighted by Gasteiger charge is 2.28. The zero-order chi connectivity index (χ0) is 12.1. The fourth-order valence-corrected chi connectivity index (χ4v) is 2.25. The summed E-state index contributed by atoms with van der Waals surface area (Å²) in [5.74, 6) is 0.791. The van der Waals surface area contributed by atoms with Gasteiger partial charge in [-0.1, -0.05) is 19.3 Å². The Morgan fingerprint density at radius 2 is 1.82 bits per heavy atom. The maximum atomic E-state index is 8.69. The lowest BCUT2D eigenvalue weighted by Crippen LogP contribution is -2.47. The molecule has 2 rings (SSSR count). The number of ether oxygens (including phenoxy) is 1. The van der Waals surface area contributed by atoms with Crippen molar-refractivity contribution in [3.05, 3.63) is 29.8 Å². The van der Waals surface area contributed by atoms with Gasteiger partial charge in [0.2, 0.25) is 0 Å². The van der Waals surface area contributed by atoms with Crippen molar-refractivity contribution in [1.29, 1.82) is 5.26 Å². The quantitative estimate of drug-likeness (QED) is 0.868. The van der Waals surface area contributed by atoms with E-state index in [1.54, 1.807) is 12.1 Å². The molecule has 1 fully saturated rings. The number of nitriles is 1. The van der Waals surface area contributed by atoms with Crippen LogP contribution in [-0.4, -0.2) is 12.1 Å². The van der Waals surface area contributed by atoms with Crippen molar-refractivity contribution in [2.45, 2.75) is 37.6 Å². The third kappa shape index (κ3) is 3.21. The van der Waals surface area contributed by atoms with E-state index in [0.717, 1.165) is 18.6 Å². The normalized spacial score (nSPS) is 18.4. The molecule has 0 aromatic heterocycles. The van der Waals surface area contributed by atoms with E-state index in [-0.39, 0.29) is 5.54 Å². The van der Waals surface area contributed by atoms with Gasteiger partial charge in [0, 0.05) is 0 Å².